The van der Waals surface area contributed by atoms with Crippen LogP contribution < -0.4 is 16.0 Å². The lowest BCUT2D eigenvalue weighted by atomic mass is 10.1. The largest absolute Gasteiger partial charge is 0.416 e. The third-order valence-electron chi connectivity index (χ3n) is 5.27. The molecule has 33 heavy (non-hydrogen) atoms. The second kappa shape index (κ2) is 11.8. The summed E-state index contributed by atoms with van der Waals surface area (Å²) in [7, 11) is 0. The molecule has 2 amide bonds. The van der Waals surface area contributed by atoms with Gasteiger partial charge in [0, 0.05) is 18.7 Å². The first-order valence-electron chi connectivity index (χ1n) is 10.7. The number of hydrogen-bond acceptors (Lipinski definition) is 4. The third-order valence-corrected chi connectivity index (χ3v) is 5.27. The maximum absolute atomic E-state index is 12.8. The van der Waals surface area contributed by atoms with Crippen LogP contribution in [0.5, 0.6) is 0 Å². The lowest BCUT2D eigenvalue weighted by Gasteiger charge is -2.24. The molecule has 2 aromatic rings. The number of alkyl halides is 3. The number of aryl methyl sites for hydroxylation is 2. The van der Waals surface area contributed by atoms with Crippen LogP contribution in [0, 0.1) is 13.8 Å². The minimum atomic E-state index is -4.57. The van der Waals surface area contributed by atoms with Gasteiger partial charge in [-0.05, 0) is 49.6 Å². The van der Waals surface area contributed by atoms with Gasteiger partial charge in [0.25, 0.3) is 5.91 Å². The van der Waals surface area contributed by atoms with E-state index in [1.807, 2.05) is 26.0 Å². The van der Waals surface area contributed by atoms with Crippen LogP contribution in [0.1, 0.15) is 46.0 Å². The van der Waals surface area contributed by atoms with Crippen molar-refractivity contribution in [2.24, 2.45) is 0 Å². The summed E-state index contributed by atoms with van der Waals surface area (Å²) in [6.45, 7) is 6.23. The number of rotatable bonds is 10. The molecule has 0 spiro atoms. The van der Waals surface area contributed by atoms with Crippen LogP contribution in [0.4, 0.5) is 13.2 Å². The van der Waals surface area contributed by atoms with Crippen molar-refractivity contribution in [3.05, 3.63) is 70.3 Å². The highest BCUT2D eigenvalue weighted by Gasteiger charge is 2.31. The summed E-state index contributed by atoms with van der Waals surface area (Å²) in [6, 6.07) is 9.47. The van der Waals surface area contributed by atoms with Crippen LogP contribution >= 0.6 is 0 Å². The summed E-state index contributed by atoms with van der Waals surface area (Å²) in [4.78, 5) is 24.5. The fourth-order valence-electron chi connectivity index (χ4n) is 3.33. The van der Waals surface area contributed by atoms with Crippen LogP contribution in [0.3, 0.4) is 0 Å². The van der Waals surface area contributed by atoms with Crippen LogP contribution in [-0.4, -0.2) is 42.2 Å². The van der Waals surface area contributed by atoms with Gasteiger partial charge in [-0.25, -0.2) is 0 Å². The molecule has 0 aliphatic heterocycles. The topological polar surface area (TPSA) is 90.5 Å². The third kappa shape index (κ3) is 8.18. The van der Waals surface area contributed by atoms with Gasteiger partial charge < -0.3 is 21.1 Å². The van der Waals surface area contributed by atoms with Crippen molar-refractivity contribution >= 4 is 11.8 Å². The van der Waals surface area contributed by atoms with E-state index < -0.39 is 42.2 Å². The molecule has 4 N–H and O–H groups in total. The van der Waals surface area contributed by atoms with Crippen LogP contribution in [0.2, 0.25) is 0 Å². The highest BCUT2D eigenvalue weighted by atomic mass is 19.4. The first-order valence-corrected chi connectivity index (χ1v) is 10.7. The number of carbonyl (C=O) groups excluding carboxylic acids is 2. The van der Waals surface area contributed by atoms with Gasteiger partial charge in [0.1, 0.15) is 0 Å². The lowest BCUT2D eigenvalue weighted by Crippen LogP contribution is -2.51. The molecule has 0 radical (unpaired) electrons. The van der Waals surface area contributed by atoms with Gasteiger partial charge in [0.05, 0.1) is 24.3 Å². The number of carbonyl (C=O) groups is 2. The molecule has 9 heteroatoms. The van der Waals surface area contributed by atoms with E-state index in [-0.39, 0.29) is 5.56 Å². The first-order chi connectivity index (χ1) is 15.5. The standard InChI is InChI=1S/C24H30F3N3O3/c1-4-21(31)20(13-28-12-18-9-8-15(2)10-16(18)3)30-22(32)14-29-23(33)17-6-5-7-19(11-17)24(25,26)27/h5-11,20-21,28,31H,4,12-14H2,1-3H3,(H,29,33)(H,30,32)/t20-,21+/m0/s1. The summed E-state index contributed by atoms with van der Waals surface area (Å²) >= 11 is 0. The smallest absolute Gasteiger partial charge is 0.391 e. The predicted molar refractivity (Wildman–Crippen MR) is 120 cm³/mol. The molecule has 0 saturated carbocycles. The molecule has 0 aromatic heterocycles. The summed E-state index contributed by atoms with van der Waals surface area (Å²) in [6.07, 6.45) is -4.96. The predicted octanol–water partition coefficient (Wildman–Crippen LogP) is 3.10. The Morgan fingerprint density at radius 2 is 1.82 bits per heavy atom. The molecule has 0 fully saturated rings. The normalized spacial score (nSPS) is 13.3. The molecule has 0 saturated heterocycles. The molecular formula is C24H30F3N3O3. The number of aliphatic hydroxyl groups excluding tert-OH is 1. The highest BCUT2D eigenvalue weighted by molar-refractivity contribution is 5.96. The van der Waals surface area contributed by atoms with Crippen molar-refractivity contribution in [3.63, 3.8) is 0 Å². The van der Waals surface area contributed by atoms with Crippen LogP contribution in [0.15, 0.2) is 42.5 Å². The van der Waals surface area contributed by atoms with E-state index >= 15 is 0 Å². The summed E-state index contributed by atoms with van der Waals surface area (Å²) in [5.41, 5.74) is 2.26. The number of benzene rings is 2. The highest BCUT2D eigenvalue weighted by Crippen LogP contribution is 2.29. The summed E-state index contributed by atoms with van der Waals surface area (Å²) in [5, 5.41) is 18.5. The van der Waals surface area contributed by atoms with E-state index in [0.717, 1.165) is 34.9 Å². The molecule has 180 valence electrons. The van der Waals surface area contributed by atoms with E-state index in [2.05, 4.69) is 22.0 Å². The van der Waals surface area contributed by atoms with Gasteiger partial charge in [-0.15, -0.1) is 0 Å². The molecule has 6 nitrogen and oxygen atoms in total. The summed E-state index contributed by atoms with van der Waals surface area (Å²) < 4.78 is 38.5. The monoisotopic (exact) mass is 465 g/mol. The fraction of sp³-hybridized carbons (Fsp3) is 0.417. The Labute approximate surface area is 191 Å². The fourth-order valence-corrected chi connectivity index (χ4v) is 3.33. The number of nitrogens with one attached hydrogen (secondary N) is 3. The molecule has 2 atom stereocenters. The van der Waals surface area contributed by atoms with E-state index in [1.54, 1.807) is 6.92 Å². The molecule has 0 heterocycles. The minimum absolute atomic E-state index is 0.196. The van der Waals surface area contributed by atoms with E-state index in [4.69, 9.17) is 0 Å². The number of aliphatic hydroxyl groups is 1. The van der Waals surface area contributed by atoms with Crippen molar-refractivity contribution < 1.29 is 27.9 Å². The molecule has 0 bridgehead atoms. The molecule has 0 aliphatic rings. The molecule has 2 aromatic carbocycles. The Hall–Kier alpha value is -2.91. The number of amides is 2. The van der Waals surface area contributed by atoms with Gasteiger partial charge in [-0.2, -0.15) is 13.2 Å². The average Bonchev–Trinajstić information content (AvgIpc) is 2.77. The van der Waals surface area contributed by atoms with E-state index in [9.17, 15) is 27.9 Å². The zero-order valence-corrected chi connectivity index (χ0v) is 18.9. The van der Waals surface area contributed by atoms with Gasteiger partial charge in [0.2, 0.25) is 5.91 Å². The van der Waals surface area contributed by atoms with Crippen molar-refractivity contribution in [3.8, 4) is 0 Å². The van der Waals surface area contributed by atoms with Gasteiger partial charge in [-0.3, -0.25) is 9.59 Å². The Morgan fingerprint density at radius 1 is 1.09 bits per heavy atom. The second-order valence-electron chi connectivity index (χ2n) is 7.97. The Kier molecular flexibility index (Phi) is 9.43. The van der Waals surface area contributed by atoms with E-state index in [0.29, 0.717) is 19.5 Å². The molecule has 2 rings (SSSR count). The van der Waals surface area contributed by atoms with Crippen LogP contribution in [-0.2, 0) is 17.5 Å². The van der Waals surface area contributed by atoms with Crippen molar-refractivity contribution in [2.75, 3.05) is 13.1 Å². The molecular weight excluding hydrogens is 435 g/mol. The zero-order valence-electron chi connectivity index (χ0n) is 18.9. The van der Waals surface area contributed by atoms with E-state index in [1.165, 1.54) is 6.07 Å². The quantitative estimate of drug-likeness (QED) is 0.434. The maximum atomic E-state index is 12.8. The van der Waals surface area contributed by atoms with Crippen LogP contribution in [0.25, 0.3) is 0 Å². The van der Waals surface area contributed by atoms with Gasteiger partial charge in [0.15, 0.2) is 0 Å². The Bertz CT molecular complexity index is 963. The average molecular weight is 466 g/mol. The number of hydrogen-bond donors (Lipinski definition) is 4. The van der Waals surface area contributed by atoms with Gasteiger partial charge in [-0.1, -0.05) is 36.8 Å². The zero-order chi connectivity index (χ0) is 24.6. The van der Waals surface area contributed by atoms with Gasteiger partial charge >= 0.3 is 6.18 Å². The SMILES string of the molecule is CC[C@@H](O)[C@H](CNCc1ccc(C)cc1C)NC(=O)CNC(=O)c1cccc(C(F)(F)F)c1. The Balaban J connectivity index is 1.89. The van der Waals surface area contributed by atoms with Crippen molar-refractivity contribution in [1.82, 2.24) is 16.0 Å². The second-order valence-corrected chi connectivity index (χ2v) is 7.97. The van der Waals surface area contributed by atoms with Crippen molar-refractivity contribution in [1.29, 1.82) is 0 Å². The molecule has 0 aliphatic carbocycles. The maximum Gasteiger partial charge on any atom is 0.416 e. The number of halogens is 3. The molecule has 0 unspecified atom stereocenters. The Morgan fingerprint density at radius 3 is 2.45 bits per heavy atom. The summed E-state index contributed by atoms with van der Waals surface area (Å²) in [5.74, 6) is -1.35. The minimum Gasteiger partial charge on any atom is -0.391 e. The lowest BCUT2D eigenvalue weighted by molar-refractivity contribution is -0.137. The first kappa shape index (κ1) is 26.3. The van der Waals surface area contributed by atoms with Crippen molar-refractivity contribution in [2.45, 2.75) is 52.1 Å².